The molecule has 2 aliphatic rings. The molecule has 2 fully saturated rings. The molecule has 0 radical (unpaired) electrons. The number of nitrogens with zero attached hydrogens (tertiary/aromatic N) is 3. The lowest BCUT2D eigenvalue weighted by atomic mass is 9.92. The molecular formula is C29H36N5O11P. The Morgan fingerprint density at radius 2 is 1.85 bits per heavy atom. The van der Waals surface area contributed by atoms with Crippen LogP contribution in [0.2, 0.25) is 0 Å². The second kappa shape index (κ2) is 14.1. The molecule has 2 aromatic heterocycles. The molecule has 16 nitrogen and oxygen atoms in total. The van der Waals surface area contributed by atoms with E-state index in [1.165, 1.54) is 31.6 Å². The Hall–Kier alpha value is -4.08. The topological polar surface area (TPSA) is 201 Å². The second-order valence-electron chi connectivity index (χ2n) is 10.8. The molecule has 17 heteroatoms. The summed E-state index contributed by atoms with van der Waals surface area (Å²) in [5.41, 5.74) is 5.01. The van der Waals surface area contributed by atoms with Crippen LogP contribution in [0.1, 0.15) is 39.3 Å². The van der Waals surface area contributed by atoms with Crippen LogP contribution in [-0.4, -0.2) is 83.3 Å². The Morgan fingerprint density at radius 3 is 2.54 bits per heavy atom. The number of benzene rings is 1. The molecule has 0 saturated carbocycles. The first-order chi connectivity index (χ1) is 22.0. The van der Waals surface area contributed by atoms with E-state index >= 15 is 0 Å². The van der Waals surface area contributed by atoms with Crippen LogP contribution in [0, 0.1) is 0 Å². The fourth-order valence-corrected chi connectivity index (χ4v) is 6.81. The number of nitrogens with two attached hydrogens (primary N) is 1. The number of nitrogens with one attached hydrogen (secondary N) is 1. The summed E-state index contributed by atoms with van der Waals surface area (Å²) in [6.07, 6.45) is -0.456. The van der Waals surface area contributed by atoms with Gasteiger partial charge in [0.1, 0.15) is 35.8 Å². The molecule has 2 saturated heterocycles. The third-order valence-corrected chi connectivity index (χ3v) is 9.02. The fourth-order valence-electron chi connectivity index (χ4n) is 5.31. The lowest BCUT2D eigenvalue weighted by Gasteiger charge is -2.33. The van der Waals surface area contributed by atoms with Gasteiger partial charge < -0.3 is 33.9 Å². The average molecular weight is 662 g/mol. The van der Waals surface area contributed by atoms with Gasteiger partial charge in [0.25, 0.3) is 0 Å². The first-order valence-electron chi connectivity index (χ1n) is 14.6. The van der Waals surface area contributed by atoms with Crippen molar-refractivity contribution in [2.75, 3.05) is 32.2 Å². The fraction of sp³-hybridized carbons (Fsp3) is 0.483. The van der Waals surface area contributed by atoms with Crippen LogP contribution in [0.5, 0.6) is 5.75 Å². The van der Waals surface area contributed by atoms with Crippen molar-refractivity contribution in [2.45, 2.75) is 63.6 Å². The lowest BCUT2D eigenvalue weighted by Crippen LogP contribution is -2.49. The minimum absolute atomic E-state index is 0.164. The summed E-state index contributed by atoms with van der Waals surface area (Å²) in [5.74, 6) is -1.71. The third-order valence-electron chi connectivity index (χ3n) is 7.38. The molecule has 4 heterocycles. The van der Waals surface area contributed by atoms with Crippen LogP contribution < -0.4 is 15.3 Å². The Bertz CT molecular complexity index is 1600. The van der Waals surface area contributed by atoms with Gasteiger partial charge in [0.2, 0.25) is 5.60 Å². The molecule has 5 rings (SSSR count). The summed E-state index contributed by atoms with van der Waals surface area (Å²) in [7, 11) is -4.34. The molecule has 1 aromatic carbocycles. The van der Waals surface area contributed by atoms with Crippen molar-refractivity contribution in [3.05, 3.63) is 54.5 Å². The molecule has 0 aliphatic carbocycles. The molecule has 3 N–H and O–H groups in total. The SMILES string of the molecule is CC(=O)O[C@@H]1[C@@H](CO[P@](=O)(N[C@@H](C)C(=O)OC2CCOCC2)Oc2ccccc2)OC[C@]1(OC(C)=O)c1ccc2c(N)ncnn12. The molecule has 2 aliphatic heterocycles. The van der Waals surface area contributed by atoms with Crippen molar-refractivity contribution in [1.29, 1.82) is 0 Å². The van der Waals surface area contributed by atoms with E-state index in [9.17, 15) is 18.9 Å². The Balaban J connectivity index is 1.41. The standard InChI is InChI=1S/C29H36N5O11P/c1-18(28(37)43-21-11-13-39-14-12-21)33-46(38,45-22-7-5-4-6-8-22)41-15-24-26(42-19(2)35)29(16-40-24,44-20(3)36)25-10-9-23-27(30)31-17-32-34(23)25/h4-10,17-18,21,24,26H,11-16H2,1-3H3,(H,33,38)(H2,30,31,32)/t18-,24+,26+,29-,46+/m0/s1. The zero-order valence-electron chi connectivity index (χ0n) is 25.5. The highest BCUT2D eigenvalue weighted by molar-refractivity contribution is 7.52. The largest absolute Gasteiger partial charge is 0.461 e. The number of esters is 3. The first kappa shape index (κ1) is 33.3. The van der Waals surface area contributed by atoms with E-state index in [1.54, 1.807) is 42.5 Å². The zero-order chi connectivity index (χ0) is 32.9. The second-order valence-corrected chi connectivity index (χ2v) is 12.5. The quantitative estimate of drug-likeness (QED) is 0.163. The number of carbonyl (C=O) groups is 3. The maximum absolute atomic E-state index is 14.2. The predicted octanol–water partition coefficient (Wildman–Crippen LogP) is 2.30. The Morgan fingerprint density at radius 1 is 1.11 bits per heavy atom. The van der Waals surface area contributed by atoms with Crippen molar-refractivity contribution < 1.29 is 51.7 Å². The Kier molecular flexibility index (Phi) is 10.2. The minimum atomic E-state index is -4.34. The highest BCUT2D eigenvalue weighted by atomic mass is 31.2. The molecule has 3 aromatic rings. The van der Waals surface area contributed by atoms with Crippen LogP contribution in [0.25, 0.3) is 5.52 Å². The van der Waals surface area contributed by atoms with E-state index < -0.39 is 56.1 Å². The maximum atomic E-state index is 14.2. The molecule has 0 spiro atoms. The van der Waals surface area contributed by atoms with Crippen molar-refractivity contribution >= 4 is 37.0 Å². The number of carbonyl (C=O) groups excluding carboxylic acids is 3. The molecular weight excluding hydrogens is 625 g/mol. The molecule has 0 bridgehead atoms. The highest BCUT2D eigenvalue weighted by Gasteiger charge is 2.58. The number of para-hydroxylation sites is 1. The lowest BCUT2D eigenvalue weighted by molar-refractivity contribution is -0.182. The van der Waals surface area contributed by atoms with Crippen molar-refractivity contribution in [1.82, 2.24) is 19.7 Å². The first-order valence-corrected chi connectivity index (χ1v) is 16.2. The van der Waals surface area contributed by atoms with E-state index in [0.29, 0.717) is 31.6 Å². The van der Waals surface area contributed by atoms with Crippen LogP contribution in [0.4, 0.5) is 5.82 Å². The van der Waals surface area contributed by atoms with Crippen LogP contribution in [-0.2, 0) is 52.8 Å². The van der Waals surface area contributed by atoms with E-state index in [4.69, 9.17) is 38.5 Å². The van der Waals surface area contributed by atoms with Gasteiger partial charge in [0.15, 0.2) is 11.9 Å². The number of hydrogen-bond donors (Lipinski definition) is 2. The van der Waals surface area contributed by atoms with Gasteiger partial charge in [0, 0.05) is 26.7 Å². The molecule has 0 amide bonds. The predicted molar refractivity (Wildman–Crippen MR) is 159 cm³/mol. The van der Waals surface area contributed by atoms with E-state index in [-0.39, 0.29) is 30.0 Å². The monoisotopic (exact) mass is 661 g/mol. The van der Waals surface area contributed by atoms with Crippen molar-refractivity contribution in [3.63, 3.8) is 0 Å². The molecule has 248 valence electrons. The van der Waals surface area contributed by atoms with E-state index in [2.05, 4.69) is 15.2 Å². The Labute approximate surface area is 264 Å². The number of ether oxygens (including phenoxy) is 5. The van der Waals surface area contributed by atoms with Gasteiger partial charge in [-0.2, -0.15) is 10.2 Å². The highest BCUT2D eigenvalue weighted by Crippen LogP contribution is 2.47. The van der Waals surface area contributed by atoms with Crippen LogP contribution in [0.3, 0.4) is 0 Å². The van der Waals surface area contributed by atoms with Crippen molar-refractivity contribution in [2.24, 2.45) is 0 Å². The number of fused-ring (bicyclic) bond motifs is 1. The van der Waals surface area contributed by atoms with Crippen LogP contribution in [0.15, 0.2) is 48.8 Å². The third kappa shape index (κ3) is 7.48. The number of nitrogen functional groups attached to an aromatic ring is 1. The van der Waals surface area contributed by atoms with E-state index in [0.717, 1.165) is 0 Å². The van der Waals surface area contributed by atoms with Gasteiger partial charge in [-0.05, 0) is 31.2 Å². The van der Waals surface area contributed by atoms with Gasteiger partial charge in [0.05, 0.1) is 32.1 Å². The normalized spacial score (nSPS) is 23.7. The van der Waals surface area contributed by atoms with Crippen molar-refractivity contribution in [3.8, 4) is 5.75 Å². The summed E-state index contributed by atoms with van der Waals surface area (Å²) < 4.78 is 55.6. The maximum Gasteiger partial charge on any atom is 0.459 e. The number of aromatic nitrogens is 3. The number of hydrogen-bond acceptors (Lipinski definition) is 14. The summed E-state index contributed by atoms with van der Waals surface area (Å²) in [5, 5.41) is 6.89. The van der Waals surface area contributed by atoms with Gasteiger partial charge >= 0.3 is 25.7 Å². The summed E-state index contributed by atoms with van der Waals surface area (Å²) in [4.78, 5) is 41.7. The summed E-state index contributed by atoms with van der Waals surface area (Å²) in [6.45, 7) is 4.01. The number of rotatable bonds is 12. The minimum Gasteiger partial charge on any atom is -0.461 e. The number of anilines is 1. The van der Waals surface area contributed by atoms with E-state index in [1.807, 2.05) is 0 Å². The zero-order valence-corrected chi connectivity index (χ0v) is 26.4. The van der Waals surface area contributed by atoms with Gasteiger partial charge in [-0.1, -0.05) is 18.2 Å². The van der Waals surface area contributed by atoms with Crippen LogP contribution >= 0.6 is 7.75 Å². The summed E-state index contributed by atoms with van der Waals surface area (Å²) in [6, 6.07) is 10.3. The van der Waals surface area contributed by atoms with Gasteiger partial charge in [-0.15, -0.1) is 0 Å². The molecule has 46 heavy (non-hydrogen) atoms. The smallest absolute Gasteiger partial charge is 0.459 e. The van der Waals surface area contributed by atoms with Gasteiger partial charge in [-0.25, -0.2) is 14.1 Å². The summed E-state index contributed by atoms with van der Waals surface area (Å²) >= 11 is 0. The molecule has 5 atom stereocenters. The molecule has 0 unspecified atom stereocenters. The average Bonchev–Trinajstić information content (AvgIpc) is 3.60. The van der Waals surface area contributed by atoms with Gasteiger partial charge in [-0.3, -0.25) is 18.9 Å².